The summed E-state index contributed by atoms with van der Waals surface area (Å²) in [6.45, 7) is 1.96. The average molecular weight is 324 g/mol. The van der Waals surface area contributed by atoms with E-state index in [0.717, 1.165) is 22.4 Å². The molecule has 124 valence electrons. The highest BCUT2D eigenvalue weighted by atomic mass is 16.5. The number of fused-ring (bicyclic) bond motifs is 1. The third kappa shape index (κ3) is 3.11. The third-order valence-electron chi connectivity index (χ3n) is 4.21. The number of carbonyl (C=O) groups excluding carboxylic acids is 2. The van der Waals surface area contributed by atoms with Gasteiger partial charge in [-0.15, -0.1) is 0 Å². The normalized spacial score (nSPS) is 13.0. The molecule has 0 bridgehead atoms. The first-order valence-electron chi connectivity index (χ1n) is 7.81. The largest absolute Gasteiger partial charge is 0.495 e. The second-order valence-corrected chi connectivity index (χ2v) is 6.02. The van der Waals surface area contributed by atoms with Crippen LogP contribution >= 0.6 is 0 Å². The Bertz CT molecular complexity index is 814. The lowest BCUT2D eigenvalue weighted by Crippen LogP contribution is -2.20. The van der Waals surface area contributed by atoms with Gasteiger partial charge in [0.2, 0.25) is 11.8 Å². The number of aryl methyl sites for hydroxylation is 1. The number of hydrogen-bond acceptors (Lipinski definition) is 3. The van der Waals surface area contributed by atoms with E-state index < -0.39 is 0 Å². The molecule has 3 rings (SSSR count). The van der Waals surface area contributed by atoms with Crippen molar-refractivity contribution in [2.24, 2.45) is 0 Å². The molecule has 5 nitrogen and oxygen atoms in total. The van der Waals surface area contributed by atoms with Crippen molar-refractivity contribution >= 4 is 23.2 Å². The molecule has 1 heterocycles. The van der Waals surface area contributed by atoms with Gasteiger partial charge in [0.05, 0.1) is 25.6 Å². The summed E-state index contributed by atoms with van der Waals surface area (Å²) in [5.74, 6) is 0.600. The van der Waals surface area contributed by atoms with Gasteiger partial charge in [0, 0.05) is 12.7 Å². The van der Waals surface area contributed by atoms with Crippen molar-refractivity contribution in [1.29, 1.82) is 0 Å². The summed E-state index contributed by atoms with van der Waals surface area (Å²) in [5.41, 5.74) is 4.50. The Balaban J connectivity index is 1.73. The third-order valence-corrected chi connectivity index (χ3v) is 4.21. The van der Waals surface area contributed by atoms with Crippen molar-refractivity contribution in [3.63, 3.8) is 0 Å². The number of benzene rings is 2. The van der Waals surface area contributed by atoms with Gasteiger partial charge < -0.3 is 15.0 Å². The Labute approximate surface area is 141 Å². The highest BCUT2D eigenvalue weighted by Gasteiger charge is 2.24. The van der Waals surface area contributed by atoms with E-state index in [2.05, 4.69) is 5.32 Å². The molecule has 2 aromatic carbocycles. The summed E-state index contributed by atoms with van der Waals surface area (Å²) in [4.78, 5) is 25.7. The predicted octanol–water partition coefficient (Wildman–Crippen LogP) is 2.70. The minimum Gasteiger partial charge on any atom is -0.495 e. The molecule has 1 aliphatic heterocycles. The maximum absolute atomic E-state index is 12.3. The molecule has 0 fully saturated rings. The summed E-state index contributed by atoms with van der Waals surface area (Å²) >= 11 is 0. The molecule has 0 saturated carbocycles. The standard InChI is InChI=1S/C19H20N2O3/c1-12-4-7-17(24-3)15(8-12)20-18(22)10-13-5-6-16-14(9-13)11-19(23)21(16)2/h4-9H,10-11H2,1-3H3,(H,20,22). The molecule has 0 aliphatic carbocycles. The zero-order chi connectivity index (χ0) is 17.3. The number of amides is 2. The summed E-state index contributed by atoms with van der Waals surface area (Å²) in [7, 11) is 3.35. The fourth-order valence-corrected chi connectivity index (χ4v) is 2.93. The number of nitrogens with one attached hydrogen (secondary N) is 1. The van der Waals surface area contributed by atoms with Crippen LogP contribution in [0.3, 0.4) is 0 Å². The number of methoxy groups -OCH3 is 1. The van der Waals surface area contributed by atoms with Gasteiger partial charge in [-0.1, -0.05) is 18.2 Å². The molecular formula is C19H20N2O3. The Morgan fingerprint density at radius 2 is 2.04 bits per heavy atom. The van der Waals surface area contributed by atoms with Crippen molar-refractivity contribution in [3.05, 3.63) is 53.1 Å². The lowest BCUT2D eigenvalue weighted by molar-refractivity contribution is -0.117. The Morgan fingerprint density at radius 3 is 2.79 bits per heavy atom. The maximum atomic E-state index is 12.3. The molecule has 24 heavy (non-hydrogen) atoms. The van der Waals surface area contributed by atoms with Crippen LogP contribution in [0.5, 0.6) is 5.75 Å². The summed E-state index contributed by atoms with van der Waals surface area (Å²) in [6.07, 6.45) is 0.648. The molecule has 0 atom stereocenters. The average Bonchev–Trinajstić information content (AvgIpc) is 2.81. The summed E-state index contributed by atoms with van der Waals surface area (Å²) < 4.78 is 5.28. The fraction of sp³-hybridized carbons (Fsp3) is 0.263. The quantitative estimate of drug-likeness (QED) is 0.941. The van der Waals surface area contributed by atoms with Crippen molar-refractivity contribution in [2.75, 3.05) is 24.4 Å². The van der Waals surface area contributed by atoms with Gasteiger partial charge in [0.25, 0.3) is 0 Å². The van der Waals surface area contributed by atoms with Crippen LogP contribution < -0.4 is 15.0 Å². The Kier molecular flexibility index (Phi) is 4.25. The molecule has 0 spiro atoms. The highest BCUT2D eigenvalue weighted by molar-refractivity contribution is 6.01. The van der Waals surface area contributed by atoms with Crippen LogP contribution in [-0.4, -0.2) is 26.0 Å². The molecule has 0 saturated heterocycles. The number of hydrogen-bond donors (Lipinski definition) is 1. The van der Waals surface area contributed by atoms with Gasteiger partial charge >= 0.3 is 0 Å². The zero-order valence-electron chi connectivity index (χ0n) is 14.1. The molecule has 2 aromatic rings. The van der Waals surface area contributed by atoms with E-state index in [1.54, 1.807) is 19.1 Å². The molecule has 5 heteroatoms. The van der Waals surface area contributed by atoms with E-state index in [9.17, 15) is 9.59 Å². The summed E-state index contributed by atoms with van der Waals surface area (Å²) in [5, 5.41) is 2.89. The van der Waals surface area contributed by atoms with Crippen LogP contribution in [0, 0.1) is 6.92 Å². The van der Waals surface area contributed by atoms with Crippen LogP contribution in [0.25, 0.3) is 0 Å². The predicted molar refractivity (Wildman–Crippen MR) is 93.6 cm³/mol. The van der Waals surface area contributed by atoms with Crippen LogP contribution in [0.1, 0.15) is 16.7 Å². The van der Waals surface area contributed by atoms with Gasteiger partial charge in [0.1, 0.15) is 5.75 Å². The molecule has 1 aliphatic rings. The molecule has 2 amide bonds. The van der Waals surface area contributed by atoms with Gasteiger partial charge in [-0.2, -0.15) is 0 Å². The number of likely N-dealkylation sites (N-methyl/N-ethyl adjacent to an activating group) is 1. The van der Waals surface area contributed by atoms with E-state index in [4.69, 9.17) is 4.74 Å². The smallest absolute Gasteiger partial charge is 0.231 e. The first-order valence-corrected chi connectivity index (χ1v) is 7.81. The summed E-state index contributed by atoms with van der Waals surface area (Å²) in [6, 6.07) is 11.4. The highest BCUT2D eigenvalue weighted by Crippen LogP contribution is 2.29. The number of carbonyl (C=O) groups is 2. The van der Waals surface area contributed by atoms with Crippen molar-refractivity contribution in [3.8, 4) is 5.75 Å². The Hall–Kier alpha value is -2.82. The molecule has 1 N–H and O–H groups in total. The lowest BCUT2D eigenvalue weighted by Gasteiger charge is -2.12. The van der Waals surface area contributed by atoms with E-state index in [-0.39, 0.29) is 18.2 Å². The minimum absolute atomic E-state index is 0.0797. The van der Waals surface area contributed by atoms with Crippen molar-refractivity contribution in [2.45, 2.75) is 19.8 Å². The molecule has 0 aromatic heterocycles. The van der Waals surface area contributed by atoms with Gasteiger partial charge in [-0.3, -0.25) is 9.59 Å². The van der Waals surface area contributed by atoms with Gasteiger partial charge in [-0.05, 0) is 41.8 Å². The maximum Gasteiger partial charge on any atom is 0.231 e. The fourth-order valence-electron chi connectivity index (χ4n) is 2.93. The van der Waals surface area contributed by atoms with Gasteiger partial charge in [0.15, 0.2) is 0 Å². The zero-order valence-corrected chi connectivity index (χ0v) is 14.1. The number of nitrogens with zero attached hydrogens (tertiary/aromatic N) is 1. The first-order chi connectivity index (χ1) is 11.5. The minimum atomic E-state index is -0.114. The van der Waals surface area contributed by atoms with E-state index in [0.29, 0.717) is 17.9 Å². The SMILES string of the molecule is COc1ccc(C)cc1NC(=O)Cc1ccc2c(c1)CC(=O)N2C. The molecule has 0 radical (unpaired) electrons. The second-order valence-electron chi connectivity index (χ2n) is 6.02. The number of ether oxygens (including phenoxy) is 1. The van der Waals surface area contributed by atoms with Crippen LogP contribution in [0.15, 0.2) is 36.4 Å². The topological polar surface area (TPSA) is 58.6 Å². The number of rotatable bonds is 4. The first kappa shape index (κ1) is 16.1. The van der Waals surface area contributed by atoms with E-state index >= 15 is 0 Å². The van der Waals surface area contributed by atoms with Crippen molar-refractivity contribution < 1.29 is 14.3 Å². The van der Waals surface area contributed by atoms with Crippen LogP contribution in [-0.2, 0) is 22.4 Å². The van der Waals surface area contributed by atoms with E-state index in [1.807, 2.05) is 43.3 Å². The second kappa shape index (κ2) is 6.35. The monoisotopic (exact) mass is 324 g/mol. The molecule has 0 unspecified atom stereocenters. The van der Waals surface area contributed by atoms with Crippen molar-refractivity contribution in [1.82, 2.24) is 0 Å². The Morgan fingerprint density at radius 1 is 1.25 bits per heavy atom. The van der Waals surface area contributed by atoms with Crippen LogP contribution in [0.4, 0.5) is 11.4 Å². The van der Waals surface area contributed by atoms with E-state index in [1.165, 1.54) is 0 Å². The molecular weight excluding hydrogens is 304 g/mol. The number of anilines is 2. The van der Waals surface area contributed by atoms with Gasteiger partial charge in [-0.25, -0.2) is 0 Å². The van der Waals surface area contributed by atoms with Crippen LogP contribution in [0.2, 0.25) is 0 Å². The lowest BCUT2D eigenvalue weighted by atomic mass is 10.1.